The molecule has 3 nitrogen and oxygen atoms in total. The van der Waals surface area contributed by atoms with Crippen LogP contribution in [0.3, 0.4) is 0 Å². The molecule has 2 N–H and O–H groups in total. The Morgan fingerprint density at radius 2 is 1.94 bits per heavy atom. The summed E-state index contributed by atoms with van der Waals surface area (Å²) in [6.07, 6.45) is 4.57. The van der Waals surface area contributed by atoms with E-state index in [-0.39, 0.29) is 5.60 Å². The van der Waals surface area contributed by atoms with E-state index in [1.807, 2.05) is 0 Å². The highest BCUT2D eigenvalue weighted by atomic mass is 16.5. The van der Waals surface area contributed by atoms with Crippen molar-refractivity contribution in [2.45, 2.75) is 45.1 Å². The largest absolute Gasteiger partial charge is 0.381 e. The molecule has 0 radical (unpaired) electrons. The molecule has 17 heavy (non-hydrogen) atoms. The smallest absolute Gasteiger partial charge is 0.0729 e. The van der Waals surface area contributed by atoms with Crippen LogP contribution in [0.4, 0.5) is 0 Å². The number of nitrogens with two attached hydrogens (primary N) is 1. The first kappa shape index (κ1) is 13.3. The van der Waals surface area contributed by atoms with Gasteiger partial charge in [-0.05, 0) is 50.0 Å². The first-order valence-electron chi connectivity index (χ1n) is 7.09. The second kappa shape index (κ2) is 5.68. The highest BCUT2D eigenvalue weighted by Crippen LogP contribution is 2.41. The van der Waals surface area contributed by atoms with Crippen LogP contribution in [0.5, 0.6) is 0 Å². The Hall–Kier alpha value is -0.120. The Kier molecular flexibility index (Phi) is 4.45. The van der Waals surface area contributed by atoms with Gasteiger partial charge in [0.25, 0.3) is 0 Å². The molecule has 2 fully saturated rings. The summed E-state index contributed by atoms with van der Waals surface area (Å²) >= 11 is 0. The molecule has 100 valence electrons. The molecule has 2 rings (SSSR count). The van der Waals surface area contributed by atoms with Crippen molar-refractivity contribution < 1.29 is 9.47 Å². The van der Waals surface area contributed by atoms with Gasteiger partial charge in [-0.2, -0.15) is 0 Å². The Morgan fingerprint density at radius 1 is 1.24 bits per heavy atom. The molecular formula is C14H27NO2. The minimum atomic E-state index is 0.129. The van der Waals surface area contributed by atoms with Gasteiger partial charge in [0, 0.05) is 19.8 Å². The van der Waals surface area contributed by atoms with Gasteiger partial charge in [-0.15, -0.1) is 0 Å². The van der Waals surface area contributed by atoms with Crippen LogP contribution in [0.25, 0.3) is 0 Å². The molecule has 0 aromatic carbocycles. The van der Waals surface area contributed by atoms with E-state index in [0.29, 0.717) is 11.8 Å². The first-order valence-corrected chi connectivity index (χ1v) is 7.09. The van der Waals surface area contributed by atoms with E-state index in [1.54, 1.807) is 0 Å². The van der Waals surface area contributed by atoms with E-state index < -0.39 is 0 Å². The summed E-state index contributed by atoms with van der Waals surface area (Å²) in [5.74, 6) is 2.11. The fourth-order valence-electron chi connectivity index (χ4n) is 3.29. The Balaban J connectivity index is 1.96. The lowest BCUT2D eigenvalue weighted by atomic mass is 9.72. The van der Waals surface area contributed by atoms with Crippen LogP contribution >= 0.6 is 0 Å². The van der Waals surface area contributed by atoms with Gasteiger partial charge in [0.1, 0.15) is 0 Å². The number of rotatable bonds is 3. The van der Waals surface area contributed by atoms with Gasteiger partial charge in [-0.1, -0.05) is 13.8 Å². The quantitative estimate of drug-likeness (QED) is 0.824. The molecule has 0 bridgehead atoms. The number of hydrogen-bond acceptors (Lipinski definition) is 3. The van der Waals surface area contributed by atoms with Crippen LogP contribution in [-0.2, 0) is 9.47 Å². The minimum Gasteiger partial charge on any atom is -0.381 e. The molecule has 2 heterocycles. The fraction of sp³-hybridized carbons (Fsp3) is 1.00. The lowest BCUT2D eigenvalue weighted by molar-refractivity contribution is -0.153. The van der Waals surface area contributed by atoms with E-state index >= 15 is 0 Å². The van der Waals surface area contributed by atoms with Crippen LogP contribution in [-0.4, -0.2) is 32.0 Å². The van der Waals surface area contributed by atoms with Crippen LogP contribution < -0.4 is 5.73 Å². The summed E-state index contributed by atoms with van der Waals surface area (Å²) in [5.41, 5.74) is 5.93. The SMILES string of the molecule is CC(CN)C(C)C1CCOC2(CCOCC2)C1. The van der Waals surface area contributed by atoms with Gasteiger partial charge in [0.05, 0.1) is 5.60 Å². The summed E-state index contributed by atoms with van der Waals surface area (Å²) in [7, 11) is 0. The predicted octanol–water partition coefficient (Wildman–Crippen LogP) is 2.19. The van der Waals surface area contributed by atoms with E-state index in [0.717, 1.165) is 45.1 Å². The minimum absolute atomic E-state index is 0.129. The maximum absolute atomic E-state index is 6.09. The molecular weight excluding hydrogens is 214 g/mol. The van der Waals surface area contributed by atoms with E-state index in [9.17, 15) is 0 Å². The summed E-state index contributed by atoms with van der Waals surface area (Å²) in [5, 5.41) is 0. The Morgan fingerprint density at radius 3 is 2.59 bits per heavy atom. The summed E-state index contributed by atoms with van der Waals surface area (Å²) in [6, 6.07) is 0. The van der Waals surface area contributed by atoms with Gasteiger partial charge >= 0.3 is 0 Å². The lowest BCUT2D eigenvalue weighted by Gasteiger charge is -2.45. The van der Waals surface area contributed by atoms with E-state index in [4.69, 9.17) is 15.2 Å². The van der Waals surface area contributed by atoms with Crippen molar-refractivity contribution in [3.05, 3.63) is 0 Å². The predicted molar refractivity (Wildman–Crippen MR) is 68.8 cm³/mol. The second-order valence-corrected chi connectivity index (χ2v) is 5.97. The molecule has 2 aliphatic heterocycles. The highest BCUT2D eigenvalue weighted by molar-refractivity contribution is 4.91. The van der Waals surface area contributed by atoms with Crippen LogP contribution in [0.15, 0.2) is 0 Å². The Bertz CT molecular complexity index is 233. The van der Waals surface area contributed by atoms with E-state index in [2.05, 4.69) is 13.8 Å². The number of ether oxygens (including phenoxy) is 2. The van der Waals surface area contributed by atoms with Crippen molar-refractivity contribution in [2.24, 2.45) is 23.5 Å². The van der Waals surface area contributed by atoms with E-state index in [1.165, 1.54) is 12.8 Å². The maximum atomic E-state index is 6.09. The third-order valence-corrected chi connectivity index (χ3v) is 4.95. The summed E-state index contributed by atoms with van der Waals surface area (Å²) in [6.45, 7) is 8.10. The van der Waals surface area contributed by atoms with Crippen molar-refractivity contribution >= 4 is 0 Å². The molecule has 0 amide bonds. The first-order chi connectivity index (χ1) is 8.17. The molecule has 0 aromatic rings. The van der Waals surface area contributed by atoms with Crippen molar-refractivity contribution in [2.75, 3.05) is 26.4 Å². The van der Waals surface area contributed by atoms with Gasteiger partial charge < -0.3 is 15.2 Å². The van der Waals surface area contributed by atoms with Crippen LogP contribution in [0, 0.1) is 17.8 Å². The van der Waals surface area contributed by atoms with Gasteiger partial charge in [-0.25, -0.2) is 0 Å². The third-order valence-electron chi connectivity index (χ3n) is 4.95. The molecule has 3 unspecified atom stereocenters. The summed E-state index contributed by atoms with van der Waals surface area (Å²) < 4.78 is 11.6. The maximum Gasteiger partial charge on any atom is 0.0729 e. The van der Waals surface area contributed by atoms with Crippen molar-refractivity contribution in [3.8, 4) is 0 Å². The summed E-state index contributed by atoms with van der Waals surface area (Å²) in [4.78, 5) is 0. The molecule has 3 atom stereocenters. The number of hydrogen-bond donors (Lipinski definition) is 1. The van der Waals surface area contributed by atoms with Crippen molar-refractivity contribution in [1.82, 2.24) is 0 Å². The van der Waals surface area contributed by atoms with Gasteiger partial charge in [-0.3, -0.25) is 0 Å². The average molecular weight is 241 g/mol. The molecule has 3 heteroatoms. The Labute approximate surface area is 105 Å². The molecule has 0 saturated carbocycles. The zero-order valence-corrected chi connectivity index (χ0v) is 11.3. The van der Waals surface area contributed by atoms with Crippen LogP contribution in [0.2, 0.25) is 0 Å². The molecule has 0 aliphatic carbocycles. The molecule has 2 aliphatic rings. The molecule has 2 saturated heterocycles. The zero-order chi connectivity index (χ0) is 12.3. The van der Waals surface area contributed by atoms with Crippen molar-refractivity contribution in [3.63, 3.8) is 0 Å². The van der Waals surface area contributed by atoms with Crippen molar-refractivity contribution in [1.29, 1.82) is 0 Å². The topological polar surface area (TPSA) is 44.5 Å². The lowest BCUT2D eigenvalue weighted by Crippen LogP contribution is -2.46. The monoisotopic (exact) mass is 241 g/mol. The van der Waals surface area contributed by atoms with Gasteiger partial charge in [0.15, 0.2) is 0 Å². The second-order valence-electron chi connectivity index (χ2n) is 5.97. The standard InChI is InChI=1S/C14H27NO2/c1-11(10-15)12(2)13-3-6-17-14(9-13)4-7-16-8-5-14/h11-13H,3-10,15H2,1-2H3. The molecule has 0 aromatic heterocycles. The highest BCUT2D eigenvalue weighted by Gasteiger charge is 2.40. The third kappa shape index (κ3) is 3.01. The normalized spacial score (nSPS) is 32.3. The fourth-order valence-corrected chi connectivity index (χ4v) is 3.29. The average Bonchev–Trinajstić information content (AvgIpc) is 2.38. The molecule has 1 spiro atoms. The zero-order valence-electron chi connectivity index (χ0n) is 11.3. The van der Waals surface area contributed by atoms with Gasteiger partial charge in [0.2, 0.25) is 0 Å². The van der Waals surface area contributed by atoms with Crippen LogP contribution in [0.1, 0.15) is 39.5 Å².